The van der Waals surface area contributed by atoms with Crippen molar-refractivity contribution in [1.29, 1.82) is 5.26 Å². The van der Waals surface area contributed by atoms with Crippen LogP contribution < -0.4 is 4.74 Å². The van der Waals surface area contributed by atoms with Crippen molar-refractivity contribution in [3.8, 4) is 11.8 Å². The molecule has 0 fully saturated rings. The summed E-state index contributed by atoms with van der Waals surface area (Å²) in [6, 6.07) is 15.1. The molecule has 0 saturated heterocycles. The molecule has 0 aliphatic heterocycles. The van der Waals surface area contributed by atoms with E-state index in [1.165, 1.54) is 0 Å². The molecule has 1 atom stereocenters. The first-order valence-corrected chi connectivity index (χ1v) is 6.48. The van der Waals surface area contributed by atoms with Crippen LogP contribution in [0.15, 0.2) is 42.5 Å². The van der Waals surface area contributed by atoms with E-state index < -0.39 is 6.10 Å². The fraction of sp³-hybridized carbons (Fsp3) is 0.235. The van der Waals surface area contributed by atoms with Crippen LogP contribution in [0.25, 0.3) is 0 Å². The van der Waals surface area contributed by atoms with Gasteiger partial charge >= 0.3 is 0 Å². The van der Waals surface area contributed by atoms with Gasteiger partial charge in [0.1, 0.15) is 12.4 Å². The van der Waals surface area contributed by atoms with E-state index >= 15 is 0 Å². The number of rotatable bonds is 4. The number of aryl methyl sites for hydroxylation is 2. The van der Waals surface area contributed by atoms with Gasteiger partial charge in [0.15, 0.2) is 6.10 Å². The molecule has 0 saturated carbocycles. The van der Waals surface area contributed by atoms with Crippen molar-refractivity contribution in [2.45, 2.75) is 26.6 Å². The number of ether oxygens (including phenoxy) is 1. The van der Waals surface area contributed by atoms with Gasteiger partial charge in [-0.2, -0.15) is 5.26 Å². The van der Waals surface area contributed by atoms with E-state index in [1.807, 2.05) is 50.2 Å². The summed E-state index contributed by atoms with van der Waals surface area (Å²) < 4.78 is 5.87. The normalized spacial score (nSPS) is 11.7. The molecule has 20 heavy (non-hydrogen) atoms. The molecule has 0 unspecified atom stereocenters. The van der Waals surface area contributed by atoms with Crippen molar-refractivity contribution >= 4 is 0 Å². The van der Waals surface area contributed by atoms with Crippen LogP contribution in [0.3, 0.4) is 0 Å². The Kier molecular flexibility index (Phi) is 4.39. The topological polar surface area (TPSA) is 53.2 Å². The van der Waals surface area contributed by atoms with E-state index in [1.54, 1.807) is 12.1 Å². The zero-order chi connectivity index (χ0) is 14.5. The highest BCUT2D eigenvalue weighted by Crippen LogP contribution is 2.25. The van der Waals surface area contributed by atoms with E-state index in [9.17, 15) is 5.11 Å². The molecule has 0 spiro atoms. The zero-order valence-corrected chi connectivity index (χ0v) is 11.6. The molecule has 0 aliphatic rings. The summed E-state index contributed by atoms with van der Waals surface area (Å²) in [4.78, 5) is 0. The second-order valence-corrected chi connectivity index (χ2v) is 4.74. The van der Waals surface area contributed by atoms with Gasteiger partial charge in [0, 0.05) is 5.56 Å². The Bertz CT molecular complexity index is 623. The highest BCUT2D eigenvalue weighted by molar-refractivity contribution is 5.40. The SMILES string of the molecule is Cc1cccc(C)c1OCc1ccccc1[C@@H](O)C#N. The molecule has 0 aromatic heterocycles. The van der Waals surface area contributed by atoms with Crippen molar-refractivity contribution in [1.82, 2.24) is 0 Å². The van der Waals surface area contributed by atoms with Crippen LogP contribution in [-0.2, 0) is 6.61 Å². The highest BCUT2D eigenvalue weighted by Gasteiger charge is 2.12. The van der Waals surface area contributed by atoms with Crippen molar-refractivity contribution in [3.63, 3.8) is 0 Å². The van der Waals surface area contributed by atoms with Gasteiger partial charge in [-0.1, -0.05) is 42.5 Å². The maximum absolute atomic E-state index is 9.70. The number of para-hydroxylation sites is 1. The average molecular weight is 267 g/mol. The molecule has 0 heterocycles. The Balaban J connectivity index is 2.22. The fourth-order valence-electron chi connectivity index (χ4n) is 2.18. The zero-order valence-electron chi connectivity index (χ0n) is 11.6. The maximum atomic E-state index is 9.70. The number of benzene rings is 2. The summed E-state index contributed by atoms with van der Waals surface area (Å²) >= 11 is 0. The summed E-state index contributed by atoms with van der Waals surface area (Å²) in [6.07, 6.45) is -1.12. The Morgan fingerprint density at radius 1 is 1.10 bits per heavy atom. The molecular weight excluding hydrogens is 250 g/mol. The smallest absolute Gasteiger partial charge is 0.166 e. The quantitative estimate of drug-likeness (QED) is 0.863. The number of aliphatic hydroxyl groups excluding tert-OH is 1. The summed E-state index contributed by atoms with van der Waals surface area (Å²) in [7, 11) is 0. The van der Waals surface area contributed by atoms with Gasteiger partial charge in [-0.15, -0.1) is 0 Å². The van der Waals surface area contributed by atoms with Gasteiger partial charge in [-0.25, -0.2) is 0 Å². The predicted molar refractivity (Wildman–Crippen MR) is 77.3 cm³/mol. The van der Waals surface area contributed by atoms with Gasteiger partial charge in [0.05, 0.1) is 6.07 Å². The molecular formula is C17H17NO2. The second-order valence-electron chi connectivity index (χ2n) is 4.74. The van der Waals surface area contributed by atoms with Crippen LogP contribution >= 0.6 is 0 Å². The number of hydrogen-bond donors (Lipinski definition) is 1. The first-order chi connectivity index (χ1) is 9.63. The molecule has 2 rings (SSSR count). The Morgan fingerprint density at radius 3 is 2.40 bits per heavy atom. The summed E-state index contributed by atoms with van der Waals surface area (Å²) in [6.45, 7) is 4.33. The maximum Gasteiger partial charge on any atom is 0.166 e. The summed E-state index contributed by atoms with van der Waals surface area (Å²) in [5, 5.41) is 18.5. The first kappa shape index (κ1) is 14.1. The molecule has 0 aliphatic carbocycles. The minimum atomic E-state index is -1.12. The number of nitrogens with zero attached hydrogens (tertiary/aromatic N) is 1. The van der Waals surface area contributed by atoms with Crippen molar-refractivity contribution in [3.05, 3.63) is 64.7 Å². The monoisotopic (exact) mass is 267 g/mol. The standard InChI is InChI=1S/C17H17NO2/c1-12-6-5-7-13(2)17(12)20-11-14-8-3-4-9-15(14)16(19)10-18/h3-9,16,19H,11H2,1-2H3/t16-/m0/s1. The molecule has 2 aromatic carbocycles. The number of hydrogen-bond acceptors (Lipinski definition) is 3. The van der Waals surface area contributed by atoms with Gasteiger partial charge in [0.25, 0.3) is 0 Å². The first-order valence-electron chi connectivity index (χ1n) is 6.48. The number of aliphatic hydroxyl groups is 1. The van der Waals surface area contributed by atoms with Crippen LogP contribution in [0.4, 0.5) is 0 Å². The van der Waals surface area contributed by atoms with Crippen LogP contribution in [-0.4, -0.2) is 5.11 Å². The molecule has 3 nitrogen and oxygen atoms in total. The molecule has 3 heteroatoms. The molecule has 1 N–H and O–H groups in total. The number of nitriles is 1. The van der Waals surface area contributed by atoms with E-state index in [-0.39, 0.29) is 0 Å². The fourth-order valence-corrected chi connectivity index (χ4v) is 2.18. The van der Waals surface area contributed by atoms with Crippen molar-refractivity contribution in [2.75, 3.05) is 0 Å². The lowest BCUT2D eigenvalue weighted by molar-refractivity contribution is 0.229. The van der Waals surface area contributed by atoms with Gasteiger partial charge in [-0.05, 0) is 30.5 Å². The minimum Gasteiger partial charge on any atom is -0.488 e. The van der Waals surface area contributed by atoms with Crippen LogP contribution in [0, 0.1) is 25.2 Å². The predicted octanol–water partition coefficient (Wildman–Crippen LogP) is 3.44. The summed E-state index contributed by atoms with van der Waals surface area (Å²) in [5.74, 6) is 0.855. The van der Waals surface area contributed by atoms with Crippen LogP contribution in [0.2, 0.25) is 0 Å². The third-order valence-electron chi connectivity index (χ3n) is 3.25. The van der Waals surface area contributed by atoms with Crippen molar-refractivity contribution < 1.29 is 9.84 Å². The third-order valence-corrected chi connectivity index (χ3v) is 3.25. The van der Waals surface area contributed by atoms with Gasteiger partial charge in [0.2, 0.25) is 0 Å². The Labute approximate surface area is 119 Å². The lowest BCUT2D eigenvalue weighted by Gasteiger charge is -2.14. The molecule has 0 amide bonds. The summed E-state index contributed by atoms with van der Waals surface area (Å²) in [5.41, 5.74) is 3.57. The average Bonchev–Trinajstić information content (AvgIpc) is 2.46. The second kappa shape index (κ2) is 6.23. The lowest BCUT2D eigenvalue weighted by atomic mass is 10.0. The van der Waals surface area contributed by atoms with E-state index in [0.29, 0.717) is 12.2 Å². The molecule has 2 aromatic rings. The molecule has 0 bridgehead atoms. The Morgan fingerprint density at radius 2 is 1.75 bits per heavy atom. The third kappa shape index (κ3) is 2.98. The molecule has 0 radical (unpaired) electrons. The largest absolute Gasteiger partial charge is 0.488 e. The minimum absolute atomic E-state index is 0.334. The van der Waals surface area contributed by atoms with Gasteiger partial charge in [-0.3, -0.25) is 0 Å². The van der Waals surface area contributed by atoms with Crippen molar-refractivity contribution in [2.24, 2.45) is 0 Å². The van der Waals surface area contributed by atoms with E-state index in [4.69, 9.17) is 10.00 Å². The van der Waals surface area contributed by atoms with Gasteiger partial charge < -0.3 is 9.84 Å². The Hall–Kier alpha value is -2.31. The van der Waals surface area contributed by atoms with Crippen LogP contribution in [0.1, 0.15) is 28.4 Å². The highest BCUT2D eigenvalue weighted by atomic mass is 16.5. The molecule has 102 valence electrons. The van der Waals surface area contributed by atoms with E-state index in [2.05, 4.69) is 0 Å². The van der Waals surface area contributed by atoms with E-state index in [0.717, 1.165) is 22.4 Å². The lowest BCUT2D eigenvalue weighted by Crippen LogP contribution is -2.05. The van der Waals surface area contributed by atoms with Crippen LogP contribution in [0.5, 0.6) is 5.75 Å².